The van der Waals surface area contributed by atoms with Gasteiger partial charge in [0.2, 0.25) is 5.91 Å². The number of carbonyl (C=O) groups is 2. The average Bonchev–Trinajstić information content (AvgIpc) is 3.33. The number of amides is 2. The Balaban J connectivity index is 1.37. The predicted molar refractivity (Wildman–Crippen MR) is 92.8 cm³/mol. The summed E-state index contributed by atoms with van der Waals surface area (Å²) in [6, 6.07) is 3.61. The lowest BCUT2D eigenvalue weighted by Gasteiger charge is -2.34. The highest BCUT2D eigenvalue weighted by Gasteiger charge is 2.24. The van der Waals surface area contributed by atoms with Crippen molar-refractivity contribution in [1.29, 1.82) is 5.26 Å². The van der Waals surface area contributed by atoms with Gasteiger partial charge in [-0.15, -0.1) is 0 Å². The molecule has 2 amide bonds. The van der Waals surface area contributed by atoms with Crippen molar-refractivity contribution in [2.75, 3.05) is 39.3 Å². The largest absolute Gasteiger partial charge is 0.356 e. The lowest BCUT2D eigenvalue weighted by molar-refractivity contribution is -0.124. The Morgan fingerprint density at radius 1 is 1.24 bits per heavy atom. The SMILES string of the molecule is N#Cc1c[nH]c(C(=O)N2CCN(CCNC(=O)C3CCCC3)CC2)c1. The molecule has 1 aromatic rings. The zero-order valence-electron chi connectivity index (χ0n) is 14.5. The summed E-state index contributed by atoms with van der Waals surface area (Å²) in [5.41, 5.74) is 0.939. The van der Waals surface area contributed by atoms with E-state index in [9.17, 15) is 9.59 Å². The van der Waals surface area contributed by atoms with Crippen LogP contribution in [0, 0.1) is 17.2 Å². The van der Waals surface area contributed by atoms with Crippen LogP contribution in [0.1, 0.15) is 41.7 Å². The maximum Gasteiger partial charge on any atom is 0.270 e. The molecular formula is C18H25N5O2. The molecular weight excluding hydrogens is 318 g/mol. The van der Waals surface area contributed by atoms with E-state index in [1.54, 1.807) is 17.2 Å². The molecule has 0 atom stereocenters. The molecule has 7 nitrogen and oxygen atoms in total. The molecule has 1 aliphatic heterocycles. The van der Waals surface area contributed by atoms with Crippen molar-refractivity contribution >= 4 is 11.8 Å². The van der Waals surface area contributed by atoms with Crippen LogP contribution >= 0.6 is 0 Å². The van der Waals surface area contributed by atoms with Crippen molar-refractivity contribution in [3.63, 3.8) is 0 Å². The summed E-state index contributed by atoms with van der Waals surface area (Å²) in [5.74, 6) is 0.357. The van der Waals surface area contributed by atoms with E-state index in [1.165, 1.54) is 12.8 Å². The number of aromatic amines is 1. The van der Waals surface area contributed by atoms with Crippen molar-refractivity contribution in [2.45, 2.75) is 25.7 Å². The minimum atomic E-state index is -0.0595. The van der Waals surface area contributed by atoms with Crippen molar-refractivity contribution in [2.24, 2.45) is 5.92 Å². The molecule has 2 fully saturated rings. The Hall–Kier alpha value is -2.33. The van der Waals surface area contributed by atoms with Gasteiger partial charge in [-0.05, 0) is 18.9 Å². The van der Waals surface area contributed by atoms with E-state index in [0.717, 1.165) is 32.5 Å². The molecule has 0 aromatic carbocycles. The molecule has 1 saturated carbocycles. The number of hydrogen-bond acceptors (Lipinski definition) is 4. The molecule has 1 aliphatic carbocycles. The molecule has 25 heavy (non-hydrogen) atoms. The highest BCUT2D eigenvalue weighted by atomic mass is 16.2. The Morgan fingerprint density at radius 3 is 2.60 bits per heavy atom. The van der Waals surface area contributed by atoms with Gasteiger partial charge in [-0.3, -0.25) is 14.5 Å². The van der Waals surface area contributed by atoms with E-state index in [-0.39, 0.29) is 17.7 Å². The van der Waals surface area contributed by atoms with E-state index >= 15 is 0 Å². The highest BCUT2D eigenvalue weighted by molar-refractivity contribution is 5.93. The summed E-state index contributed by atoms with van der Waals surface area (Å²) in [4.78, 5) is 31.3. The average molecular weight is 343 g/mol. The van der Waals surface area contributed by atoms with Gasteiger partial charge in [-0.25, -0.2) is 0 Å². The summed E-state index contributed by atoms with van der Waals surface area (Å²) >= 11 is 0. The van der Waals surface area contributed by atoms with E-state index in [1.807, 2.05) is 6.07 Å². The summed E-state index contributed by atoms with van der Waals surface area (Å²) in [5, 5.41) is 11.9. The first-order chi connectivity index (χ1) is 12.2. The Morgan fingerprint density at radius 2 is 1.96 bits per heavy atom. The van der Waals surface area contributed by atoms with E-state index in [4.69, 9.17) is 5.26 Å². The second-order valence-corrected chi connectivity index (χ2v) is 6.82. The summed E-state index contributed by atoms with van der Waals surface area (Å²) in [6.45, 7) is 4.42. The zero-order chi connectivity index (χ0) is 17.6. The first kappa shape index (κ1) is 17.5. The van der Waals surface area contributed by atoms with Crippen LogP contribution in [0.3, 0.4) is 0 Å². The van der Waals surface area contributed by atoms with Gasteiger partial charge in [0.25, 0.3) is 5.91 Å². The van der Waals surface area contributed by atoms with Crippen LogP contribution in [0.2, 0.25) is 0 Å². The van der Waals surface area contributed by atoms with Crippen molar-refractivity contribution in [3.05, 3.63) is 23.5 Å². The Bertz CT molecular complexity index is 649. The molecule has 2 N–H and O–H groups in total. The lowest BCUT2D eigenvalue weighted by atomic mass is 10.1. The summed E-state index contributed by atoms with van der Waals surface area (Å²) < 4.78 is 0. The predicted octanol–water partition coefficient (Wildman–Crippen LogP) is 0.951. The standard InChI is InChI=1S/C18H25N5O2/c19-12-14-11-16(21-13-14)18(25)23-9-7-22(8-10-23)6-5-20-17(24)15-3-1-2-4-15/h11,13,15,21H,1-10H2,(H,20,24). The Kier molecular flexibility index (Phi) is 5.71. The van der Waals surface area contributed by atoms with Crippen molar-refractivity contribution < 1.29 is 9.59 Å². The molecule has 0 spiro atoms. The lowest BCUT2D eigenvalue weighted by Crippen LogP contribution is -2.50. The van der Waals surface area contributed by atoms with E-state index in [2.05, 4.69) is 15.2 Å². The maximum absolute atomic E-state index is 12.4. The van der Waals surface area contributed by atoms with Gasteiger partial charge in [0.05, 0.1) is 5.56 Å². The number of carbonyl (C=O) groups excluding carboxylic acids is 2. The van der Waals surface area contributed by atoms with Gasteiger partial charge >= 0.3 is 0 Å². The second-order valence-electron chi connectivity index (χ2n) is 6.82. The second kappa shape index (κ2) is 8.17. The monoisotopic (exact) mass is 343 g/mol. The number of aromatic nitrogens is 1. The van der Waals surface area contributed by atoms with Crippen LogP contribution in [0.5, 0.6) is 0 Å². The summed E-state index contributed by atoms with van der Waals surface area (Å²) in [7, 11) is 0. The minimum Gasteiger partial charge on any atom is -0.356 e. The molecule has 1 saturated heterocycles. The highest BCUT2D eigenvalue weighted by Crippen LogP contribution is 2.24. The van der Waals surface area contributed by atoms with Gasteiger partial charge in [0.15, 0.2) is 0 Å². The molecule has 2 heterocycles. The molecule has 0 radical (unpaired) electrons. The first-order valence-electron chi connectivity index (χ1n) is 9.05. The zero-order valence-corrected chi connectivity index (χ0v) is 14.5. The topological polar surface area (TPSA) is 92.2 Å². The molecule has 2 aliphatic rings. The molecule has 134 valence electrons. The quantitative estimate of drug-likeness (QED) is 0.833. The molecule has 3 rings (SSSR count). The fourth-order valence-corrected chi connectivity index (χ4v) is 3.60. The van der Waals surface area contributed by atoms with Crippen LogP contribution in [0.25, 0.3) is 0 Å². The van der Waals surface area contributed by atoms with Crippen LogP contribution in [0.4, 0.5) is 0 Å². The third-order valence-corrected chi connectivity index (χ3v) is 5.16. The number of nitriles is 1. The van der Waals surface area contributed by atoms with E-state index < -0.39 is 0 Å². The number of rotatable bonds is 5. The number of hydrogen-bond donors (Lipinski definition) is 2. The van der Waals surface area contributed by atoms with Gasteiger partial charge in [0.1, 0.15) is 11.8 Å². The molecule has 0 bridgehead atoms. The van der Waals surface area contributed by atoms with Gasteiger partial charge < -0.3 is 15.2 Å². The summed E-state index contributed by atoms with van der Waals surface area (Å²) in [6.07, 6.45) is 5.95. The van der Waals surface area contributed by atoms with Gasteiger partial charge in [0, 0.05) is 51.4 Å². The van der Waals surface area contributed by atoms with E-state index in [0.29, 0.717) is 30.9 Å². The van der Waals surface area contributed by atoms with Crippen LogP contribution in [-0.2, 0) is 4.79 Å². The van der Waals surface area contributed by atoms with Crippen LogP contribution < -0.4 is 5.32 Å². The van der Waals surface area contributed by atoms with Gasteiger partial charge in [-0.1, -0.05) is 12.8 Å². The minimum absolute atomic E-state index is 0.0595. The fourth-order valence-electron chi connectivity index (χ4n) is 3.60. The molecule has 7 heteroatoms. The van der Waals surface area contributed by atoms with Crippen molar-refractivity contribution in [3.8, 4) is 6.07 Å². The maximum atomic E-state index is 12.4. The first-order valence-corrected chi connectivity index (χ1v) is 9.05. The smallest absolute Gasteiger partial charge is 0.270 e. The molecule has 1 aromatic heterocycles. The third-order valence-electron chi connectivity index (χ3n) is 5.16. The third kappa shape index (κ3) is 4.40. The van der Waals surface area contributed by atoms with Crippen LogP contribution in [-0.4, -0.2) is 65.9 Å². The van der Waals surface area contributed by atoms with Gasteiger partial charge in [-0.2, -0.15) is 5.26 Å². The van der Waals surface area contributed by atoms with Crippen molar-refractivity contribution in [1.82, 2.24) is 20.1 Å². The van der Waals surface area contributed by atoms with Crippen LogP contribution in [0.15, 0.2) is 12.3 Å². The molecule has 0 unspecified atom stereocenters. The number of nitrogens with zero attached hydrogens (tertiary/aromatic N) is 3. The number of piperazine rings is 1. The fraction of sp³-hybridized carbons (Fsp3) is 0.611. The number of H-pyrrole nitrogens is 1. The normalized spacial score (nSPS) is 18.9. The number of nitrogens with one attached hydrogen (secondary N) is 2. The Labute approximate surface area is 148 Å².